The summed E-state index contributed by atoms with van der Waals surface area (Å²) < 4.78 is 32.8. The average molecular weight is 1060 g/mol. The predicted octanol–water partition coefficient (Wildman–Crippen LogP) is 6.44. The predicted molar refractivity (Wildman–Crippen MR) is 283 cm³/mol. The number of aliphatic hydroxyl groups excluding tert-OH is 4. The fraction of sp³-hybridized carbons (Fsp3) is 0.891. The summed E-state index contributed by atoms with van der Waals surface area (Å²) in [6, 6.07) is 0. The van der Waals surface area contributed by atoms with Crippen LogP contribution in [0.3, 0.4) is 0 Å². The molecule has 0 amide bonds. The highest BCUT2D eigenvalue weighted by atomic mass is 16.6. The van der Waals surface area contributed by atoms with E-state index in [4.69, 9.17) is 28.4 Å². The molecule has 434 valence electrons. The van der Waals surface area contributed by atoms with Crippen molar-refractivity contribution < 1.29 is 77.6 Å². The number of carbonyl (C=O) groups is 6. The molecule has 19 heteroatoms. The second-order valence-electron chi connectivity index (χ2n) is 19.7. The van der Waals surface area contributed by atoms with Gasteiger partial charge in [0.25, 0.3) is 0 Å². The van der Waals surface area contributed by atoms with Crippen molar-refractivity contribution in [2.45, 2.75) is 245 Å². The number of hydrogen-bond donors (Lipinski definition) is 4. The molecule has 74 heavy (non-hydrogen) atoms. The van der Waals surface area contributed by atoms with Gasteiger partial charge < -0.3 is 48.8 Å². The monoisotopic (exact) mass is 1060 g/mol. The van der Waals surface area contributed by atoms with Gasteiger partial charge in [-0.2, -0.15) is 0 Å². The standard InChI is InChI=1S/C55H103N3O16/c1-10-46(11-2)71-50(63)28-18-24-42(59)36-57(37-43(60)25-19-29-51(64)72-47(12-3)13-4)32-22-34-69-54(67)40-56(9)41-55(68)70-35-23-33-58(38-44(61)26-20-30-52(65)73-48(14-5)15-6)39-45(62)27-21-31-53(66)74-49(16-7)17-8/h42-49,59-62H,10-41H2,1-9H3. The Labute approximate surface area is 445 Å². The van der Waals surface area contributed by atoms with E-state index >= 15 is 0 Å². The highest BCUT2D eigenvalue weighted by Gasteiger charge is 2.22. The first-order valence-electron chi connectivity index (χ1n) is 28.3. The summed E-state index contributed by atoms with van der Waals surface area (Å²) in [5, 5.41) is 43.6. The molecule has 0 aromatic heterocycles. The van der Waals surface area contributed by atoms with Gasteiger partial charge in [0, 0.05) is 65.0 Å². The zero-order valence-electron chi connectivity index (χ0n) is 47.3. The maximum absolute atomic E-state index is 12.8. The molecule has 0 aliphatic carbocycles. The van der Waals surface area contributed by atoms with Crippen LogP contribution in [0.4, 0.5) is 0 Å². The van der Waals surface area contributed by atoms with Gasteiger partial charge in [-0.1, -0.05) is 55.4 Å². The van der Waals surface area contributed by atoms with Gasteiger partial charge in [0.05, 0.1) is 50.7 Å². The molecule has 4 atom stereocenters. The summed E-state index contributed by atoms with van der Waals surface area (Å²) in [7, 11) is 1.59. The van der Waals surface area contributed by atoms with Gasteiger partial charge in [-0.15, -0.1) is 0 Å². The molecule has 0 aromatic carbocycles. The summed E-state index contributed by atoms with van der Waals surface area (Å²) in [4.78, 5) is 79.9. The number of rotatable bonds is 48. The van der Waals surface area contributed by atoms with Crippen LogP contribution in [-0.2, 0) is 57.2 Å². The van der Waals surface area contributed by atoms with E-state index in [2.05, 4.69) is 0 Å². The second kappa shape index (κ2) is 44.6. The molecule has 4 N–H and O–H groups in total. The molecule has 0 spiro atoms. The van der Waals surface area contributed by atoms with Crippen molar-refractivity contribution in [3.8, 4) is 0 Å². The van der Waals surface area contributed by atoms with Crippen LogP contribution in [0.15, 0.2) is 0 Å². The fourth-order valence-electron chi connectivity index (χ4n) is 8.34. The van der Waals surface area contributed by atoms with Crippen molar-refractivity contribution in [1.29, 1.82) is 0 Å². The number of nitrogens with zero attached hydrogens (tertiary/aromatic N) is 3. The topological polar surface area (TPSA) is 248 Å². The third-order valence-corrected chi connectivity index (χ3v) is 12.9. The Hall–Kier alpha value is -3.46. The number of carbonyl (C=O) groups excluding carboxylic acids is 6. The molecule has 4 unspecified atom stereocenters. The van der Waals surface area contributed by atoms with E-state index in [9.17, 15) is 49.2 Å². The summed E-state index contributed by atoms with van der Waals surface area (Å²) in [6.45, 7) is 17.1. The molecule has 0 saturated carbocycles. The molecule has 0 rings (SSSR count). The van der Waals surface area contributed by atoms with Crippen molar-refractivity contribution in [3.05, 3.63) is 0 Å². The average Bonchev–Trinajstić information content (AvgIpc) is 3.35. The molecule has 19 nitrogen and oxygen atoms in total. The lowest BCUT2D eigenvalue weighted by Gasteiger charge is -2.27. The van der Waals surface area contributed by atoms with Gasteiger partial charge >= 0.3 is 35.8 Å². The van der Waals surface area contributed by atoms with Crippen LogP contribution >= 0.6 is 0 Å². The maximum atomic E-state index is 12.8. The van der Waals surface area contributed by atoms with Crippen LogP contribution < -0.4 is 0 Å². The van der Waals surface area contributed by atoms with Gasteiger partial charge in [-0.3, -0.25) is 43.5 Å². The Kier molecular flexibility index (Phi) is 42.6. The van der Waals surface area contributed by atoms with E-state index in [0.29, 0.717) is 77.3 Å². The molecule has 0 fully saturated rings. The number of esters is 6. The van der Waals surface area contributed by atoms with Crippen LogP contribution in [0.2, 0.25) is 0 Å². The van der Waals surface area contributed by atoms with Gasteiger partial charge in [0.2, 0.25) is 0 Å². The zero-order valence-corrected chi connectivity index (χ0v) is 47.3. The molecular weight excluding hydrogens is 959 g/mol. The number of hydrogen-bond acceptors (Lipinski definition) is 19. The van der Waals surface area contributed by atoms with Crippen molar-refractivity contribution in [1.82, 2.24) is 14.7 Å². The quantitative estimate of drug-likeness (QED) is 0.0291. The summed E-state index contributed by atoms with van der Waals surface area (Å²) in [5.41, 5.74) is 0. The second-order valence-corrected chi connectivity index (χ2v) is 19.7. The van der Waals surface area contributed by atoms with Crippen LogP contribution in [-0.4, -0.2) is 192 Å². The zero-order chi connectivity index (χ0) is 55.7. The van der Waals surface area contributed by atoms with Crippen LogP contribution in [0.1, 0.15) is 197 Å². The Morgan fingerprint density at radius 2 is 0.595 bits per heavy atom. The van der Waals surface area contributed by atoms with Gasteiger partial charge in [-0.05, 0) is 123 Å². The van der Waals surface area contributed by atoms with Crippen LogP contribution in [0, 0.1) is 0 Å². The minimum absolute atomic E-state index is 0.0547. The smallest absolute Gasteiger partial charge is 0.320 e. The highest BCUT2D eigenvalue weighted by molar-refractivity contribution is 5.75. The van der Waals surface area contributed by atoms with Gasteiger partial charge in [0.1, 0.15) is 24.4 Å². The molecule has 0 aromatic rings. The van der Waals surface area contributed by atoms with Gasteiger partial charge in [0.15, 0.2) is 0 Å². The first-order chi connectivity index (χ1) is 35.3. The van der Waals surface area contributed by atoms with E-state index in [-0.39, 0.29) is 126 Å². The van der Waals surface area contributed by atoms with E-state index in [0.717, 1.165) is 51.4 Å². The first-order valence-corrected chi connectivity index (χ1v) is 28.3. The highest BCUT2D eigenvalue weighted by Crippen LogP contribution is 2.15. The Bertz CT molecular complexity index is 1290. The summed E-state index contributed by atoms with van der Waals surface area (Å²) in [5.74, 6) is -2.29. The Balaban J connectivity index is 5.16. The lowest BCUT2D eigenvalue weighted by atomic mass is 10.1. The molecule has 0 saturated heterocycles. The minimum atomic E-state index is -0.785. The number of aliphatic hydroxyl groups is 4. The molecule has 0 aliphatic rings. The van der Waals surface area contributed by atoms with E-state index in [1.165, 1.54) is 4.90 Å². The van der Waals surface area contributed by atoms with Crippen molar-refractivity contribution >= 4 is 35.8 Å². The SMILES string of the molecule is CCC(CC)OC(=O)CCCC(O)CN(CCCOC(=O)CN(C)CC(=O)OCCCN(CC(O)CCCC(=O)OC(CC)CC)CC(O)CCCC(=O)OC(CC)CC)CC(O)CCCC(=O)OC(CC)CC. The van der Waals surface area contributed by atoms with E-state index in [1.807, 2.05) is 65.2 Å². The Morgan fingerprint density at radius 3 is 0.811 bits per heavy atom. The van der Waals surface area contributed by atoms with Crippen molar-refractivity contribution in [2.24, 2.45) is 0 Å². The van der Waals surface area contributed by atoms with Crippen molar-refractivity contribution in [2.75, 3.05) is 72.6 Å². The fourth-order valence-corrected chi connectivity index (χ4v) is 8.34. The lowest BCUT2D eigenvalue weighted by Crippen LogP contribution is -2.39. The van der Waals surface area contributed by atoms with Crippen molar-refractivity contribution in [3.63, 3.8) is 0 Å². The lowest BCUT2D eigenvalue weighted by molar-refractivity contribution is -0.150. The first kappa shape index (κ1) is 70.5. The van der Waals surface area contributed by atoms with E-state index in [1.54, 1.807) is 7.05 Å². The van der Waals surface area contributed by atoms with Crippen LogP contribution in [0.5, 0.6) is 0 Å². The molecular formula is C55H103N3O16. The summed E-state index contributed by atoms with van der Waals surface area (Å²) in [6.07, 6.45) is 6.94. The molecule has 0 radical (unpaired) electrons. The molecule has 0 heterocycles. The van der Waals surface area contributed by atoms with Crippen LogP contribution in [0.25, 0.3) is 0 Å². The Morgan fingerprint density at radius 1 is 0.365 bits per heavy atom. The molecule has 0 aliphatic heterocycles. The third kappa shape index (κ3) is 38.1. The largest absolute Gasteiger partial charge is 0.465 e. The maximum Gasteiger partial charge on any atom is 0.320 e. The van der Waals surface area contributed by atoms with E-state index < -0.39 is 36.4 Å². The molecule has 0 bridgehead atoms. The number of likely N-dealkylation sites (N-methyl/N-ethyl adjacent to an activating group) is 1. The van der Waals surface area contributed by atoms with Gasteiger partial charge in [-0.25, -0.2) is 0 Å². The normalized spacial score (nSPS) is 13.5. The summed E-state index contributed by atoms with van der Waals surface area (Å²) >= 11 is 0. The minimum Gasteiger partial charge on any atom is -0.465 e. The third-order valence-electron chi connectivity index (χ3n) is 12.9. The number of ether oxygens (including phenoxy) is 6.